The molecule has 1 aromatic heterocycles. The minimum absolute atomic E-state index is 0.389. The number of nitrogens with zero attached hydrogens (tertiary/aromatic N) is 1. The minimum Gasteiger partial charge on any atom is -0.482 e. The van der Waals surface area contributed by atoms with Gasteiger partial charge in [0, 0.05) is 5.56 Å². The molecule has 0 spiro atoms. The number of pyridine rings is 1. The van der Waals surface area contributed by atoms with Crippen LogP contribution < -0.4 is 9.47 Å². The van der Waals surface area contributed by atoms with Crippen molar-refractivity contribution in [3.05, 3.63) is 77.5 Å². The maximum absolute atomic E-state index is 12.8. The van der Waals surface area contributed by atoms with Gasteiger partial charge in [0.1, 0.15) is 11.5 Å². The van der Waals surface area contributed by atoms with Crippen LogP contribution in [0.5, 0.6) is 11.5 Å². The summed E-state index contributed by atoms with van der Waals surface area (Å²) in [4.78, 5) is 15.1. The van der Waals surface area contributed by atoms with Crippen molar-refractivity contribution in [2.45, 2.75) is 19.2 Å². The summed E-state index contributed by atoms with van der Waals surface area (Å²) in [6.07, 6.45) is -5.25. The van der Waals surface area contributed by atoms with E-state index < -0.39 is 30.4 Å². The molecule has 0 fully saturated rings. The number of carboxylic acid groups (broad SMARTS) is 1. The number of aliphatic carboxylic acids is 1. The molecule has 2 aromatic carbocycles. The number of ether oxygens (including phenoxy) is 2. The molecule has 1 atom stereocenters. The van der Waals surface area contributed by atoms with E-state index in [9.17, 15) is 23.1 Å². The van der Waals surface area contributed by atoms with Gasteiger partial charge < -0.3 is 19.7 Å². The molecule has 0 aliphatic carbocycles. The molecule has 6 nitrogen and oxygen atoms in total. The first kappa shape index (κ1) is 23.1. The zero-order chi connectivity index (χ0) is 23.3. The molecule has 168 valence electrons. The minimum atomic E-state index is -4.42. The highest BCUT2D eigenvalue weighted by Crippen LogP contribution is 2.31. The first-order chi connectivity index (χ1) is 15.2. The lowest BCUT2D eigenvalue weighted by atomic mass is 10.1. The van der Waals surface area contributed by atoms with Gasteiger partial charge in [0.15, 0.2) is 12.7 Å². The van der Waals surface area contributed by atoms with Crippen molar-refractivity contribution in [2.75, 3.05) is 13.2 Å². The van der Waals surface area contributed by atoms with Crippen LogP contribution in [0.15, 0.2) is 60.7 Å². The van der Waals surface area contributed by atoms with Gasteiger partial charge in [-0.1, -0.05) is 18.2 Å². The number of hydrogen-bond donors (Lipinski definition) is 2. The fraction of sp³-hybridized carbons (Fsp3) is 0.217. The molecule has 3 aromatic rings. The Labute approximate surface area is 181 Å². The summed E-state index contributed by atoms with van der Waals surface area (Å²) in [7, 11) is 0. The van der Waals surface area contributed by atoms with E-state index in [0.717, 1.165) is 12.1 Å². The molecule has 0 aliphatic heterocycles. The summed E-state index contributed by atoms with van der Waals surface area (Å²) in [6, 6.07) is 14.4. The molecule has 1 heterocycles. The lowest BCUT2D eigenvalue weighted by Crippen LogP contribution is -2.14. The number of carbonyl (C=O) groups is 1. The van der Waals surface area contributed by atoms with Crippen LogP contribution in [0.4, 0.5) is 13.2 Å². The Morgan fingerprint density at radius 2 is 1.81 bits per heavy atom. The molecule has 2 N–H and O–H groups in total. The fourth-order valence-electron chi connectivity index (χ4n) is 2.97. The molecule has 0 saturated heterocycles. The summed E-state index contributed by atoms with van der Waals surface area (Å²) in [6.45, 7) is 0.863. The average Bonchev–Trinajstić information content (AvgIpc) is 2.76. The first-order valence-electron chi connectivity index (χ1n) is 9.54. The highest BCUT2D eigenvalue weighted by atomic mass is 19.4. The van der Waals surface area contributed by atoms with Crippen molar-refractivity contribution >= 4 is 5.97 Å². The van der Waals surface area contributed by atoms with Crippen LogP contribution in [-0.4, -0.2) is 34.4 Å². The Morgan fingerprint density at radius 3 is 2.41 bits per heavy atom. The van der Waals surface area contributed by atoms with Crippen LogP contribution in [0, 0.1) is 6.92 Å². The molecule has 3 rings (SSSR count). The number of aromatic nitrogens is 1. The van der Waals surface area contributed by atoms with Gasteiger partial charge in [-0.25, -0.2) is 9.78 Å². The molecular weight excluding hydrogens is 427 g/mol. The third kappa shape index (κ3) is 5.76. The van der Waals surface area contributed by atoms with Crippen LogP contribution in [-0.2, 0) is 11.0 Å². The van der Waals surface area contributed by atoms with Gasteiger partial charge in [-0.3, -0.25) is 0 Å². The zero-order valence-corrected chi connectivity index (χ0v) is 17.0. The van der Waals surface area contributed by atoms with Crippen molar-refractivity contribution in [1.29, 1.82) is 0 Å². The molecule has 0 bridgehead atoms. The van der Waals surface area contributed by atoms with Gasteiger partial charge in [-0.2, -0.15) is 13.2 Å². The number of carboxylic acids is 1. The van der Waals surface area contributed by atoms with E-state index in [1.165, 1.54) is 12.1 Å². The smallest absolute Gasteiger partial charge is 0.416 e. The lowest BCUT2D eigenvalue weighted by Gasteiger charge is -2.18. The number of rotatable bonds is 8. The maximum Gasteiger partial charge on any atom is 0.416 e. The maximum atomic E-state index is 12.8. The van der Waals surface area contributed by atoms with E-state index >= 15 is 0 Å². The quantitative estimate of drug-likeness (QED) is 0.523. The van der Waals surface area contributed by atoms with Crippen molar-refractivity contribution in [1.82, 2.24) is 4.98 Å². The molecule has 32 heavy (non-hydrogen) atoms. The monoisotopic (exact) mass is 447 g/mol. The number of alkyl halides is 3. The number of aryl methyl sites for hydroxylation is 1. The summed E-state index contributed by atoms with van der Waals surface area (Å²) in [5.41, 5.74) is 1.22. The van der Waals surface area contributed by atoms with E-state index in [0.29, 0.717) is 34.0 Å². The first-order valence-corrected chi connectivity index (χ1v) is 9.54. The predicted molar refractivity (Wildman–Crippen MR) is 109 cm³/mol. The van der Waals surface area contributed by atoms with Gasteiger partial charge in [0.25, 0.3) is 0 Å². The molecule has 0 saturated carbocycles. The van der Waals surface area contributed by atoms with Crippen molar-refractivity contribution in [2.24, 2.45) is 0 Å². The fourth-order valence-corrected chi connectivity index (χ4v) is 2.97. The number of halogens is 3. The van der Waals surface area contributed by atoms with Crippen LogP contribution >= 0.6 is 0 Å². The molecule has 0 aliphatic rings. The second-order valence-electron chi connectivity index (χ2n) is 6.92. The third-order valence-electron chi connectivity index (χ3n) is 4.55. The second-order valence-corrected chi connectivity index (χ2v) is 6.92. The van der Waals surface area contributed by atoms with Crippen LogP contribution in [0.2, 0.25) is 0 Å². The summed E-state index contributed by atoms with van der Waals surface area (Å²) in [5.74, 6) is -0.294. The Morgan fingerprint density at radius 1 is 1.09 bits per heavy atom. The van der Waals surface area contributed by atoms with Crippen molar-refractivity contribution < 1.29 is 37.7 Å². The summed E-state index contributed by atoms with van der Waals surface area (Å²) < 4.78 is 49.4. The Balaban J connectivity index is 1.78. The standard InChI is InChI=1S/C23H20F3NO5/c1-14-11-17(9-10-20(14)31-13-22(29)30)32-21(12-28)19-4-2-3-18(27-19)15-5-7-16(8-6-15)23(24,25)26/h2-11,21,28H,12-13H2,1H3,(H,29,30). The zero-order valence-electron chi connectivity index (χ0n) is 17.0. The highest BCUT2D eigenvalue weighted by molar-refractivity contribution is 5.68. The van der Waals surface area contributed by atoms with Gasteiger partial charge in [-0.15, -0.1) is 0 Å². The second kappa shape index (κ2) is 9.69. The van der Waals surface area contributed by atoms with Gasteiger partial charge in [0.05, 0.1) is 23.6 Å². The number of aliphatic hydroxyl groups excluding tert-OH is 1. The van der Waals surface area contributed by atoms with Crippen molar-refractivity contribution in [3.8, 4) is 22.8 Å². The SMILES string of the molecule is Cc1cc(OC(CO)c2cccc(-c3ccc(C(F)(F)F)cc3)n2)ccc1OCC(=O)O. The Bertz CT molecular complexity index is 1080. The van der Waals surface area contributed by atoms with Gasteiger partial charge >= 0.3 is 12.1 Å². The predicted octanol–water partition coefficient (Wildman–Crippen LogP) is 4.65. The average molecular weight is 447 g/mol. The lowest BCUT2D eigenvalue weighted by molar-refractivity contribution is -0.139. The molecule has 0 amide bonds. The van der Waals surface area contributed by atoms with Crippen molar-refractivity contribution in [3.63, 3.8) is 0 Å². The van der Waals surface area contributed by atoms with E-state index in [4.69, 9.17) is 14.6 Å². The van der Waals surface area contributed by atoms with Gasteiger partial charge in [0.2, 0.25) is 0 Å². The molecule has 0 radical (unpaired) electrons. The Kier molecular flexibility index (Phi) is 6.99. The molecule has 9 heteroatoms. The molecular formula is C23H20F3NO5. The van der Waals surface area contributed by atoms with E-state index in [1.807, 2.05) is 0 Å². The Hall–Kier alpha value is -3.59. The van der Waals surface area contributed by atoms with Crippen LogP contribution in [0.25, 0.3) is 11.3 Å². The van der Waals surface area contributed by atoms with E-state index in [-0.39, 0.29) is 6.61 Å². The topological polar surface area (TPSA) is 88.9 Å². The van der Waals surface area contributed by atoms with Crippen LogP contribution in [0.1, 0.15) is 22.9 Å². The van der Waals surface area contributed by atoms with Gasteiger partial charge in [-0.05, 0) is 55.0 Å². The number of hydrogen-bond acceptors (Lipinski definition) is 5. The normalized spacial score (nSPS) is 12.3. The molecule has 1 unspecified atom stereocenters. The summed E-state index contributed by atoms with van der Waals surface area (Å²) >= 11 is 0. The van der Waals surface area contributed by atoms with E-state index in [1.54, 1.807) is 43.3 Å². The number of aliphatic hydroxyl groups is 1. The van der Waals surface area contributed by atoms with E-state index in [2.05, 4.69) is 4.98 Å². The third-order valence-corrected chi connectivity index (χ3v) is 4.55. The number of benzene rings is 2. The van der Waals surface area contributed by atoms with Crippen LogP contribution in [0.3, 0.4) is 0 Å². The highest BCUT2D eigenvalue weighted by Gasteiger charge is 2.30. The summed E-state index contributed by atoms with van der Waals surface area (Å²) in [5, 5.41) is 18.5. The largest absolute Gasteiger partial charge is 0.482 e.